The Labute approximate surface area is 100 Å². The Morgan fingerprint density at radius 3 is 2.71 bits per heavy atom. The van der Waals surface area contributed by atoms with E-state index in [1.54, 1.807) is 25.2 Å². The normalized spacial score (nSPS) is 13.8. The number of aliphatic hydroxyl groups excluding tert-OH is 2. The van der Waals surface area contributed by atoms with Gasteiger partial charge in [-0.15, -0.1) is 0 Å². The first-order valence-electron chi connectivity index (χ1n) is 5.23. The van der Waals surface area contributed by atoms with Crippen LogP contribution in [0.15, 0.2) is 18.2 Å². The number of rotatable bonds is 5. The zero-order valence-corrected chi connectivity index (χ0v) is 9.84. The Hall–Kier alpha value is -1.61. The molecule has 92 valence electrons. The molecule has 0 bridgehead atoms. The Morgan fingerprint density at radius 2 is 2.18 bits per heavy atom. The fourth-order valence-corrected chi connectivity index (χ4v) is 1.61. The van der Waals surface area contributed by atoms with Gasteiger partial charge in [-0.1, -0.05) is 12.1 Å². The third-order valence-electron chi connectivity index (χ3n) is 2.49. The number of ether oxygens (including phenoxy) is 1. The standard InChI is InChI=1S/C12H16N2O3/c1-14-7-10(15)12(16)8-4-3-5-11(17-2)9(8)6-13/h3-5,10,12,14-16H,7H2,1-2H3. The van der Waals surface area contributed by atoms with E-state index in [9.17, 15) is 10.2 Å². The van der Waals surface area contributed by atoms with Crippen LogP contribution >= 0.6 is 0 Å². The van der Waals surface area contributed by atoms with Crippen molar-refractivity contribution >= 4 is 0 Å². The highest BCUT2D eigenvalue weighted by Gasteiger charge is 2.22. The maximum atomic E-state index is 9.96. The summed E-state index contributed by atoms with van der Waals surface area (Å²) in [5.74, 6) is 0.390. The molecule has 0 aliphatic carbocycles. The van der Waals surface area contributed by atoms with Crippen molar-refractivity contribution < 1.29 is 14.9 Å². The van der Waals surface area contributed by atoms with Crippen LogP contribution in [0.4, 0.5) is 0 Å². The zero-order valence-electron chi connectivity index (χ0n) is 9.84. The highest BCUT2D eigenvalue weighted by molar-refractivity contribution is 5.49. The monoisotopic (exact) mass is 236 g/mol. The third-order valence-corrected chi connectivity index (χ3v) is 2.49. The molecule has 1 aromatic rings. The van der Waals surface area contributed by atoms with Crippen LogP contribution in [0.1, 0.15) is 17.2 Å². The van der Waals surface area contributed by atoms with Crippen LogP contribution in [0.5, 0.6) is 5.75 Å². The quantitative estimate of drug-likeness (QED) is 0.679. The molecule has 0 saturated carbocycles. The molecule has 1 rings (SSSR count). The van der Waals surface area contributed by atoms with Gasteiger partial charge in [-0.05, 0) is 13.1 Å². The molecule has 2 unspecified atom stereocenters. The van der Waals surface area contributed by atoms with Crippen LogP contribution in [0.25, 0.3) is 0 Å². The maximum Gasteiger partial charge on any atom is 0.137 e. The van der Waals surface area contributed by atoms with Crippen molar-refractivity contribution in [3.8, 4) is 11.8 Å². The van der Waals surface area contributed by atoms with E-state index in [2.05, 4.69) is 5.32 Å². The number of likely N-dealkylation sites (N-methyl/N-ethyl adjacent to an activating group) is 1. The molecule has 0 aromatic heterocycles. The molecule has 5 nitrogen and oxygen atoms in total. The second kappa shape index (κ2) is 6.21. The summed E-state index contributed by atoms with van der Waals surface area (Å²) in [5, 5.41) is 31.5. The van der Waals surface area contributed by atoms with Crippen molar-refractivity contribution in [3.05, 3.63) is 29.3 Å². The fourth-order valence-electron chi connectivity index (χ4n) is 1.61. The lowest BCUT2D eigenvalue weighted by Gasteiger charge is -2.19. The Balaban J connectivity index is 3.09. The number of nitrogens with one attached hydrogen (secondary N) is 1. The lowest BCUT2D eigenvalue weighted by molar-refractivity contribution is 0.0200. The molecule has 0 spiro atoms. The summed E-state index contributed by atoms with van der Waals surface area (Å²) in [6, 6.07) is 6.89. The molecule has 0 radical (unpaired) electrons. The van der Waals surface area contributed by atoms with Gasteiger partial charge in [0.1, 0.15) is 17.9 Å². The molecule has 0 aliphatic rings. The lowest BCUT2D eigenvalue weighted by Crippen LogP contribution is -2.30. The molecule has 5 heteroatoms. The van der Waals surface area contributed by atoms with E-state index in [4.69, 9.17) is 10.00 Å². The van der Waals surface area contributed by atoms with Gasteiger partial charge in [0.15, 0.2) is 0 Å². The molecule has 0 fully saturated rings. The van der Waals surface area contributed by atoms with Crippen molar-refractivity contribution in [1.29, 1.82) is 5.26 Å². The smallest absolute Gasteiger partial charge is 0.137 e. The summed E-state index contributed by atoms with van der Waals surface area (Å²) in [6.45, 7) is 0.239. The summed E-state index contributed by atoms with van der Waals surface area (Å²) < 4.78 is 5.04. The number of methoxy groups -OCH3 is 1. The van der Waals surface area contributed by atoms with E-state index in [-0.39, 0.29) is 12.1 Å². The summed E-state index contributed by atoms with van der Waals surface area (Å²) in [5.41, 5.74) is 0.618. The van der Waals surface area contributed by atoms with E-state index in [1.807, 2.05) is 6.07 Å². The zero-order chi connectivity index (χ0) is 12.8. The van der Waals surface area contributed by atoms with Crippen molar-refractivity contribution in [2.75, 3.05) is 20.7 Å². The highest BCUT2D eigenvalue weighted by Crippen LogP contribution is 2.27. The Bertz CT molecular complexity index is 415. The molecule has 0 saturated heterocycles. The van der Waals surface area contributed by atoms with Gasteiger partial charge in [0.25, 0.3) is 0 Å². The van der Waals surface area contributed by atoms with E-state index >= 15 is 0 Å². The Kier molecular flexibility index (Phi) is 4.91. The Morgan fingerprint density at radius 1 is 1.47 bits per heavy atom. The maximum absolute atomic E-state index is 9.96. The van der Waals surface area contributed by atoms with E-state index in [1.165, 1.54) is 7.11 Å². The van der Waals surface area contributed by atoms with E-state index in [0.717, 1.165) is 0 Å². The summed E-state index contributed by atoms with van der Waals surface area (Å²) in [7, 11) is 3.13. The van der Waals surface area contributed by atoms with Crippen molar-refractivity contribution in [2.24, 2.45) is 0 Å². The van der Waals surface area contributed by atoms with Gasteiger partial charge in [0.05, 0.1) is 18.8 Å². The summed E-state index contributed by atoms with van der Waals surface area (Å²) in [6.07, 6.45) is -2.09. The second-order valence-corrected chi connectivity index (χ2v) is 3.61. The largest absolute Gasteiger partial charge is 0.495 e. The van der Waals surface area contributed by atoms with Crippen molar-refractivity contribution in [1.82, 2.24) is 5.32 Å². The second-order valence-electron chi connectivity index (χ2n) is 3.61. The van der Waals surface area contributed by atoms with Gasteiger partial charge in [0.2, 0.25) is 0 Å². The van der Waals surface area contributed by atoms with Crippen LogP contribution in [0, 0.1) is 11.3 Å². The fraction of sp³-hybridized carbons (Fsp3) is 0.417. The van der Waals surface area contributed by atoms with Crippen molar-refractivity contribution in [2.45, 2.75) is 12.2 Å². The van der Waals surface area contributed by atoms with Crippen LogP contribution < -0.4 is 10.1 Å². The van der Waals surface area contributed by atoms with Gasteiger partial charge in [0, 0.05) is 12.1 Å². The first-order valence-corrected chi connectivity index (χ1v) is 5.23. The van der Waals surface area contributed by atoms with Gasteiger partial charge < -0.3 is 20.3 Å². The van der Waals surface area contributed by atoms with Crippen LogP contribution in [0.2, 0.25) is 0 Å². The minimum atomic E-state index is -1.12. The number of nitrogens with zero attached hydrogens (tertiary/aromatic N) is 1. The summed E-state index contributed by atoms with van der Waals surface area (Å²) in [4.78, 5) is 0. The molecule has 2 atom stereocenters. The van der Waals surface area contributed by atoms with Crippen LogP contribution in [0.3, 0.4) is 0 Å². The molecular formula is C12H16N2O3. The van der Waals surface area contributed by atoms with Gasteiger partial charge in [-0.3, -0.25) is 0 Å². The number of nitriles is 1. The number of aliphatic hydroxyl groups is 2. The average Bonchev–Trinajstić information content (AvgIpc) is 2.36. The first-order chi connectivity index (χ1) is 8.15. The SMILES string of the molecule is CNCC(O)C(O)c1cccc(OC)c1C#N. The summed E-state index contributed by atoms with van der Waals surface area (Å²) >= 11 is 0. The molecule has 0 heterocycles. The van der Waals surface area contributed by atoms with Crippen LogP contribution in [-0.2, 0) is 0 Å². The topological polar surface area (TPSA) is 85.5 Å². The average molecular weight is 236 g/mol. The van der Waals surface area contributed by atoms with Gasteiger partial charge in [-0.25, -0.2) is 0 Å². The number of hydrogen-bond acceptors (Lipinski definition) is 5. The van der Waals surface area contributed by atoms with Crippen LogP contribution in [-0.4, -0.2) is 37.0 Å². The molecule has 0 aliphatic heterocycles. The first kappa shape index (κ1) is 13.5. The minimum absolute atomic E-state index is 0.239. The minimum Gasteiger partial charge on any atom is -0.495 e. The highest BCUT2D eigenvalue weighted by atomic mass is 16.5. The lowest BCUT2D eigenvalue weighted by atomic mass is 9.98. The van der Waals surface area contributed by atoms with Crippen molar-refractivity contribution in [3.63, 3.8) is 0 Å². The molecule has 0 amide bonds. The third kappa shape index (κ3) is 2.94. The molecular weight excluding hydrogens is 220 g/mol. The van der Waals surface area contributed by atoms with E-state index in [0.29, 0.717) is 11.3 Å². The molecule has 17 heavy (non-hydrogen) atoms. The number of hydrogen-bond donors (Lipinski definition) is 3. The van der Waals surface area contributed by atoms with E-state index < -0.39 is 12.2 Å². The van der Waals surface area contributed by atoms with Gasteiger partial charge >= 0.3 is 0 Å². The number of benzene rings is 1. The molecule has 3 N–H and O–H groups in total. The van der Waals surface area contributed by atoms with Gasteiger partial charge in [-0.2, -0.15) is 5.26 Å². The molecule has 1 aromatic carbocycles. The predicted octanol–water partition coefficient (Wildman–Crippen LogP) is 0.181. The predicted molar refractivity (Wildman–Crippen MR) is 62.6 cm³/mol.